The van der Waals surface area contributed by atoms with Crippen molar-refractivity contribution in [3.05, 3.63) is 71.8 Å². The van der Waals surface area contributed by atoms with Gasteiger partial charge in [0.1, 0.15) is 0 Å². The fourth-order valence-corrected chi connectivity index (χ4v) is 2.58. The van der Waals surface area contributed by atoms with Crippen molar-refractivity contribution in [1.82, 2.24) is 0 Å². The van der Waals surface area contributed by atoms with Gasteiger partial charge in [0.2, 0.25) is 5.79 Å². The summed E-state index contributed by atoms with van der Waals surface area (Å²) in [5.41, 5.74) is 1.21. The third-order valence-corrected chi connectivity index (χ3v) is 3.30. The maximum absolute atomic E-state index is 10.9. The van der Waals surface area contributed by atoms with Gasteiger partial charge in [0.25, 0.3) is 0 Å². The van der Waals surface area contributed by atoms with Crippen LogP contribution in [0.15, 0.2) is 60.7 Å². The Morgan fingerprint density at radius 3 is 1.37 bits per heavy atom. The molecular weight excluding hydrogens is 282 g/mol. The summed E-state index contributed by atoms with van der Waals surface area (Å²) in [4.78, 5) is 0. The molecule has 6 heteroatoms. The highest BCUT2D eigenvalue weighted by Crippen LogP contribution is 2.40. The minimum atomic E-state index is -1.46. The third kappa shape index (κ3) is 2.94. The molecule has 4 nitrogen and oxygen atoms in total. The highest BCUT2D eigenvalue weighted by atomic mass is 31.1. The summed E-state index contributed by atoms with van der Waals surface area (Å²) in [7, 11) is -1.13. The van der Waals surface area contributed by atoms with Crippen LogP contribution in [0.5, 0.6) is 0 Å². The van der Waals surface area contributed by atoms with Crippen molar-refractivity contribution < 1.29 is 18.2 Å². The Labute approximate surface area is 113 Å². The molecule has 2 aromatic rings. The van der Waals surface area contributed by atoms with Crippen molar-refractivity contribution in [3.8, 4) is 0 Å². The Kier molecular flexibility index (Phi) is 4.89. The third-order valence-electron chi connectivity index (χ3n) is 2.64. The Morgan fingerprint density at radius 1 is 0.684 bits per heavy atom. The SMILES string of the molecule is O=POC(OP=O)(c1ccccc1)c1ccccc1. The summed E-state index contributed by atoms with van der Waals surface area (Å²) in [6, 6.07) is 17.9. The zero-order valence-electron chi connectivity index (χ0n) is 9.80. The summed E-state index contributed by atoms with van der Waals surface area (Å²) in [5.74, 6) is -1.46. The first-order chi connectivity index (χ1) is 9.33. The van der Waals surface area contributed by atoms with Gasteiger partial charge in [-0.2, -0.15) is 0 Å². The zero-order chi connectivity index (χ0) is 13.6. The second-order valence-corrected chi connectivity index (χ2v) is 4.34. The molecule has 0 saturated heterocycles. The fourth-order valence-electron chi connectivity index (χ4n) is 1.81. The molecule has 0 saturated carbocycles. The number of hydrogen-bond donors (Lipinski definition) is 0. The molecular formula is C13H10O4P2. The number of rotatable bonds is 6. The smallest absolute Gasteiger partial charge is 0.250 e. The first-order valence-corrected chi connectivity index (χ1v) is 6.92. The molecule has 0 bridgehead atoms. The van der Waals surface area contributed by atoms with E-state index in [1.54, 1.807) is 48.5 Å². The molecule has 2 rings (SSSR count). The first-order valence-electron chi connectivity index (χ1n) is 5.46. The van der Waals surface area contributed by atoms with Gasteiger partial charge in [-0.15, -0.1) is 0 Å². The predicted octanol–water partition coefficient (Wildman–Crippen LogP) is 4.33. The highest BCUT2D eigenvalue weighted by Gasteiger charge is 2.38. The van der Waals surface area contributed by atoms with E-state index >= 15 is 0 Å². The Morgan fingerprint density at radius 2 is 1.05 bits per heavy atom. The van der Waals surface area contributed by atoms with E-state index in [1.807, 2.05) is 12.1 Å². The summed E-state index contributed by atoms with van der Waals surface area (Å²) in [6.45, 7) is 0. The van der Waals surface area contributed by atoms with Crippen LogP contribution >= 0.6 is 17.4 Å². The van der Waals surface area contributed by atoms with Crippen LogP contribution in [0.3, 0.4) is 0 Å². The van der Waals surface area contributed by atoms with Gasteiger partial charge in [0, 0.05) is 11.1 Å². The lowest BCUT2D eigenvalue weighted by Crippen LogP contribution is -2.28. The van der Waals surface area contributed by atoms with E-state index in [4.69, 9.17) is 9.05 Å². The molecule has 96 valence electrons. The maximum Gasteiger partial charge on any atom is 0.330 e. The minimum Gasteiger partial charge on any atom is -0.250 e. The van der Waals surface area contributed by atoms with E-state index in [0.717, 1.165) is 0 Å². The lowest BCUT2D eigenvalue weighted by Gasteiger charge is -2.28. The Balaban J connectivity index is 2.60. The van der Waals surface area contributed by atoms with E-state index in [-0.39, 0.29) is 0 Å². The van der Waals surface area contributed by atoms with Gasteiger partial charge < -0.3 is 0 Å². The summed E-state index contributed by atoms with van der Waals surface area (Å²) in [6.07, 6.45) is 0. The molecule has 0 aliphatic rings. The second kappa shape index (κ2) is 6.65. The molecule has 0 atom stereocenters. The van der Waals surface area contributed by atoms with Crippen LogP contribution in [0.4, 0.5) is 0 Å². The van der Waals surface area contributed by atoms with Crippen LogP contribution in [0, 0.1) is 0 Å². The molecule has 0 unspecified atom stereocenters. The van der Waals surface area contributed by atoms with Crippen LogP contribution in [0.25, 0.3) is 0 Å². The van der Waals surface area contributed by atoms with Crippen molar-refractivity contribution >= 4 is 17.4 Å². The normalized spacial score (nSPS) is 11.8. The van der Waals surface area contributed by atoms with Gasteiger partial charge in [-0.25, -0.2) is 9.13 Å². The minimum absolute atomic E-state index is 0.564. The molecule has 0 aliphatic heterocycles. The number of benzene rings is 2. The molecule has 2 aromatic carbocycles. The maximum atomic E-state index is 10.9. The van der Waals surface area contributed by atoms with Crippen LogP contribution in [-0.2, 0) is 24.0 Å². The Bertz CT molecular complexity index is 494. The summed E-state index contributed by atoms with van der Waals surface area (Å²) < 4.78 is 32.3. The molecule has 0 N–H and O–H groups in total. The lowest BCUT2D eigenvalue weighted by atomic mass is 9.98. The molecule has 0 fully saturated rings. The quantitative estimate of drug-likeness (QED) is 0.587. The lowest BCUT2D eigenvalue weighted by molar-refractivity contribution is -0.0663. The molecule has 0 aliphatic carbocycles. The summed E-state index contributed by atoms with van der Waals surface area (Å²) in [5, 5.41) is 0. The van der Waals surface area contributed by atoms with Gasteiger partial charge in [0.05, 0.1) is 0 Å². The molecule has 0 heterocycles. The number of hydrogen-bond acceptors (Lipinski definition) is 4. The predicted molar refractivity (Wildman–Crippen MR) is 71.0 cm³/mol. The van der Waals surface area contributed by atoms with Crippen molar-refractivity contribution in [1.29, 1.82) is 0 Å². The fraction of sp³-hybridized carbons (Fsp3) is 0.0769. The van der Waals surface area contributed by atoms with Crippen LogP contribution in [-0.4, -0.2) is 0 Å². The van der Waals surface area contributed by atoms with Gasteiger partial charge in [-0.3, -0.25) is 9.05 Å². The molecule has 19 heavy (non-hydrogen) atoms. The van der Waals surface area contributed by atoms with Crippen molar-refractivity contribution in [2.75, 3.05) is 0 Å². The van der Waals surface area contributed by atoms with Crippen molar-refractivity contribution in [2.45, 2.75) is 5.79 Å². The molecule has 0 radical (unpaired) electrons. The van der Waals surface area contributed by atoms with Gasteiger partial charge in [-0.05, 0) is 0 Å². The average Bonchev–Trinajstić information content (AvgIpc) is 2.49. The molecule has 0 spiro atoms. The van der Waals surface area contributed by atoms with E-state index in [2.05, 4.69) is 0 Å². The van der Waals surface area contributed by atoms with Crippen LogP contribution < -0.4 is 0 Å². The van der Waals surface area contributed by atoms with Crippen LogP contribution in [0.2, 0.25) is 0 Å². The van der Waals surface area contributed by atoms with Crippen molar-refractivity contribution in [2.24, 2.45) is 0 Å². The van der Waals surface area contributed by atoms with Gasteiger partial charge in [0.15, 0.2) is 0 Å². The monoisotopic (exact) mass is 292 g/mol. The van der Waals surface area contributed by atoms with E-state index in [0.29, 0.717) is 11.1 Å². The topological polar surface area (TPSA) is 52.6 Å². The average molecular weight is 292 g/mol. The van der Waals surface area contributed by atoms with E-state index in [1.165, 1.54) is 0 Å². The van der Waals surface area contributed by atoms with Gasteiger partial charge >= 0.3 is 17.4 Å². The first kappa shape index (κ1) is 14.0. The Hall–Kier alpha value is -1.44. The second-order valence-electron chi connectivity index (χ2n) is 3.68. The largest absolute Gasteiger partial charge is 0.330 e. The summed E-state index contributed by atoms with van der Waals surface area (Å²) >= 11 is 0. The molecule has 0 aromatic heterocycles. The van der Waals surface area contributed by atoms with Gasteiger partial charge in [-0.1, -0.05) is 60.7 Å². The zero-order valence-corrected chi connectivity index (χ0v) is 11.6. The highest BCUT2D eigenvalue weighted by molar-refractivity contribution is 7.18. The van der Waals surface area contributed by atoms with E-state index in [9.17, 15) is 9.13 Å². The molecule has 0 amide bonds. The van der Waals surface area contributed by atoms with Crippen molar-refractivity contribution in [3.63, 3.8) is 0 Å². The van der Waals surface area contributed by atoms with E-state index < -0.39 is 23.2 Å². The standard InChI is InChI=1S/C13H10O4P2/c14-18-16-13(17-19-15,11-7-3-1-4-8-11)12-9-5-2-6-10-12/h1-10H. The van der Waals surface area contributed by atoms with Crippen LogP contribution in [0.1, 0.15) is 11.1 Å².